The number of carbonyl (C=O) groups is 1. The number of hydrogen-bond acceptors (Lipinski definition) is 5. The Bertz CT molecular complexity index is 746. The standard InChI is InChI=1S/C20H28N6O2.HI/c1-21-20(23-15-19(27)22-9-7-17-5-3-2-4-6-17)26-12-10-25(11-13-26)16-18-8-14-28-24-18;/h2-6,8,14H,7,9-13,15-16H2,1H3,(H,21,23)(H,22,27);1H. The molecule has 0 radical (unpaired) electrons. The minimum absolute atomic E-state index is 0. The molecule has 8 nitrogen and oxygen atoms in total. The maximum atomic E-state index is 12.1. The summed E-state index contributed by atoms with van der Waals surface area (Å²) in [6.07, 6.45) is 2.43. The molecule has 1 aromatic heterocycles. The third kappa shape index (κ3) is 7.65. The molecule has 0 unspecified atom stereocenters. The monoisotopic (exact) mass is 512 g/mol. The van der Waals surface area contributed by atoms with E-state index in [2.05, 4.69) is 42.7 Å². The SMILES string of the molecule is CN=C(NCC(=O)NCCc1ccccc1)N1CCN(Cc2ccon2)CC1.I. The molecule has 1 saturated heterocycles. The predicted octanol–water partition coefficient (Wildman–Crippen LogP) is 1.34. The molecule has 1 aliphatic rings. The zero-order valence-corrected chi connectivity index (χ0v) is 19.0. The summed E-state index contributed by atoms with van der Waals surface area (Å²) in [6.45, 7) is 5.18. The number of nitrogens with one attached hydrogen (secondary N) is 2. The van der Waals surface area contributed by atoms with E-state index >= 15 is 0 Å². The minimum Gasteiger partial charge on any atom is -0.364 e. The zero-order valence-electron chi connectivity index (χ0n) is 16.7. The third-order valence-corrected chi connectivity index (χ3v) is 4.75. The van der Waals surface area contributed by atoms with Crippen molar-refractivity contribution >= 4 is 35.8 Å². The second kappa shape index (κ2) is 12.4. The van der Waals surface area contributed by atoms with Gasteiger partial charge in [0, 0.05) is 52.4 Å². The number of aliphatic imine (C=N–C) groups is 1. The van der Waals surface area contributed by atoms with E-state index in [-0.39, 0.29) is 36.4 Å². The van der Waals surface area contributed by atoms with Crippen LogP contribution in [0.1, 0.15) is 11.3 Å². The molecule has 2 aromatic rings. The van der Waals surface area contributed by atoms with E-state index in [9.17, 15) is 4.79 Å². The van der Waals surface area contributed by atoms with Gasteiger partial charge < -0.3 is 20.1 Å². The fourth-order valence-electron chi connectivity index (χ4n) is 3.21. The van der Waals surface area contributed by atoms with Crippen molar-refractivity contribution in [3.8, 4) is 0 Å². The molecular weight excluding hydrogens is 483 g/mol. The van der Waals surface area contributed by atoms with Crippen molar-refractivity contribution in [2.24, 2.45) is 4.99 Å². The van der Waals surface area contributed by atoms with Crippen LogP contribution in [-0.4, -0.2) is 73.1 Å². The van der Waals surface area contributed by atoms with Crippen LogP contribution in [0.2, 0.25) is 0 Å². The molecule has 0 atom stereocenters. The predicted molar refractivity (Wildman–Crippen MR) is 123 cm³/mol. The molecule has 158 valence electrons. The first kappa shape index (κ1) is 23.1. The summed E-state index contributed by atoms with van der Waals surface area (Å²) in [5.74, 6) is 0.737. The number of amides is 1. The Kier molecular flexibility index (Phi) is 9.92. The summed E-state index contributed by atoms with van der Waals surface area (Å²) in [5.41, 5.74) is 2.16. The van der Waals surface area contributed by atoms with Crippen LogP contribution in [0.15, 0.2) is 52.2 Å². The van der Waals surface area contributed by atoms with Crippen LogP contribution in [0, 0.1) is 0 Å². The van der Waals surface area contributed by atoms with Crippen LogP contribution >= 0.6 is 24.0 Å². The zero-order chi connectivity index (χ0) is 19.6. The van der Waals surface area contributed by atoms with Gasteiger partial charge in [0.25, 0.3) is 0 Å². The number of carbonyl (C=O) groups excluding carboxylic acids is 1. The fourth-order valence-corrected chi connectivity index (χ4v) is 3.21. The van der Waals surface area contributed by atoms with Gasteiger partial charge in [-0.05, 0) is 12.0 Å². The molecule has 1 fully saturated rings. The van der Waals surface area contributed by atoms with Crippen molar-refractivity contribution in [1.82, 2.24) is 25.6 Å². The van der Waals surface area contributed by atoms with E-state index in [0.29, 0.717) is 6.54 Å². The van der Waals surface area contributed by atoms with Gasteiger partial charge in [0.05, 0.1) is 12.2 Å². The molecule has 2 heterocycles. The highest BCUT2D eigenvalue weighted by Gasteiger charge is 2.20. The van der Waals surface area contributed by atoms with Crippen LogP contribution in [0.3, 0.4) is 0 Å². The lowest BCUT2D eigenvalue weighted by Crippen LogP contribution is -2.53. The van der Waals surface area contributed by atoms with Gasteiger partial charge in [-0.15, -0.1) is 24.0 Å². The van der Waals surface area contributed by atoms with Gasteiger partial charge in [-0.1, -0.05) is 35.5 Å². The highest BCUT2D eigenvalue weighted by atomic mass is 127. The maximum absolute atomic E-state index is 12.1. The summed E-state index contributed by atoms with van der Waals surface area (Å²) in [7, 11) is 1.75. The first-order chi connectivity index (χ1) is 13.7. The van der Waals surface area contributed by atoms with E-state index in [1.165, 1.54) is 5.56 Å². The Morgan fingerprint density at radius 1 is 1.14 bits per heavy atom. The summed E-state index contributed by atoms with van der Waals surface area (Å²) in [6, 6.07) is 12.0. The summed E-state index contributed by atoms with van der Waals surface area (Å²) < 4.78 is 4.89. The van der Waals surface area contributed by atoms with Crippen LogP contribution < -0.4 is 10.6 Å². The van der Waals surface area contributed by atoms with Crippen LogP contribution in [0.5, 0.6) is 0 Å². The molecule has 3 rings (SSSR count). The van der Waals surface area contributed by atoms with Gasteiger partial charge in [0.2, 0.25) is 5.91 Å². The van der Waals surface area contributed by atoms with Gasteiger partial charge in [-0.25, -0.2) is 0 Å². The molecule has 0 aliphatic carbocycles. The highest BCUT2D eigenvalue weighted by Crippen LogP contribution is 2.07. The van der Waals surface area contributed by atoms with Crippen LogP contribution in [0.4, 0.5) is 0 Å². The molecule has 0 saturated carbocycles. The molecular formula is C20H29IN6O2. The second-order valence-electron chi connectivity index (χ2n) is 6.74. The van der Waals surface area contributed by atoms with Gasteiger partial charge in [-0.2, -0.15) is 0 Å². The Labute approximate surface area is 188 Å². The highest BCUT2D eigenvalue weighted by molar-refractivity contribution is 14.0. The normalized spacial score (nSPS) is 14.9. The van der Waals surface area contributed by atoms with Crippen molar-refractivity contribution in [3.63, 3.8) is 0 Å². The average molecular weight is 512 g/mol. The third-order valence-electron chi connectivity index (χ3n) is 4.75. The summed E-state index contributed by atoms with van der Waals surface area (Å²) in [4.78, 5) is 20.9. The molecule has 9 heteroatoms. The molecule has 1 amide bonds. The van der Waals surface area contributed by atoms with Crippen molar-refractivity contribution in [3.05, 3.63) is 53.9 Å². The van der Waals surface area contributed by atoms with E-state index < -0.39 is 0 Å². The number of benzene rings is 1. The number of piperazine rings is 1. The van der Waals surface area contributed by atoms with Crippen molar-refractivity contribution in [2.75, 3.05) is 46.3 Å². The van der Waals surface area contributed by atoms with E-state index in [1.54, 1.807) is 13.3 Å². The van der Waals surface area contributed by atoms with Crippen molar-refractivity contribution in [2.45, 2.75) is 13.0 Å². The Morgan fingerprint density at radius 3 is 2.55 bits per heavy atom. The number of guanidine groups is 1. The Morgan fingerprint density at radius 2 is 1.90 bits per heavy atom. The van der Waals surface area contributed by atoms with E-state index in [1.807, 2.05) is 24.3 Å². The summed E-state index contributed by atoms with van der Waals surface area (Å²) in [5, 5.41) is 10.1. The lowest BCUT2D eigenvalue weighted by atomic mass is 10.1. The lowest BCUT2D eigenvalue weighted by Gasteiger charge is -2.36. The Hall–Kier alpha value is -2.14. The second-order valence-corrected chi connectivity index (χ2v) is 6.74. The quantitative estimate of drug-likeness (QED) is 0.331. The topological polar surface area (TPSA) is 86.0 Å². The Balaban J connectivity index is 0.00000300. The van der Waals surface area contributed by atoms with Gasteiger partial charge in [-0.3, -0.25) is 14.7 Å². The minimum atomic E-state index is -0.0262. The van der Waals surface area contributed by atoms with Crippen LogP contribution in [0.25, 0.3) is 0 Å². The number of rotatable bonds is 7. The molecule has 29 heavy (non-hydrogen) atoms. The molecule has 0 spiro atoms. The number of aromatic nitrogens is 1. The largest absolute Gasteiger partial charge is 0.364 e. The molecule has 1 aromatic carbocycles. The number of nitrogens with zero attached hydrogens (tertiary/aromatic N) is 4. The fraction of sp³-hybridized carbons (Fsp3) is 0.450. The van der Waals surface area contributed by atoms with Gasteiger partial charge in [0.15, 0.2) is 5.96 Å². The smallest absolute Gasteiger partial charge is 0.239 e. The number of hydrogen-bond donors (Lipinski definition) is 2. The lowest BCUT2D eigenvalue weighted by molar-refractivity contribution is -0.120. The van der Waals surface area contributed by atoms with Gasteiger partial charge >= 0.3 is 0 Å². The van der Waals surface area contributed by atoms with E-state index in [0.717, 1.165) is 50.8 Å². The average Bonchev–Trinajstić information content (AvgIpc) is 3.23. The molecule has 0 bridgehead atoms. The molecule has 2 N–H and O–H groups in total. The summed E-state index contributed by atoms with van der Waals surface area (Å²) >= 11 is 0. The molecule has 1 aliphatic heterocycles. The number of halogens is 1. The first-order valence-electron chi connectivity index (χ1n) is 9.62. The van der Waals surface area contributed by atoms with Crippen molar-refractivity contribution < 1.29 is 9.32 Å². The van der Waals surface area contributed by atoms with Crippen molar-refractivity contribution in [1.29, 1.82) is 0 Å². The van der Waals surface area contributed by atoms with Gasteiger partial charge in [0.1, 0.15) is 6.26 Å². The maximum Gasteiger partial charge on any atom is 0.239 e. The van der Waals surface area contributed by atoms with Crippen LogP contribution in [-0.2, 0) is 17.8 Å². The first-order valence-corrected chi connectivity index (χ1v) is 9.62. The van der Waals surface area contributed by atoms with E-state index in [4.69, 9.17) is 4.52 Å².